The van der Waals surface area contributed by atoms with Gasteiger partial charge in [-0.25, -0.2) is 0 Å². The standard InChI is InChI=1S/C12H16N2/c1-8-4-9(2)12(10(3)5-8)6-11(14)7-13/h4-5,11H,6,14H2,1-3H3. The summed E-state index contributed by atoms with van der Waals surface area (Å²) in [6.07, 6.45) is 0.647. The Balaban J connectivity index is 3.04. The molecular weight excluding hydrogens is 172 g/mol. The van der Waals surface area contributed by atoms with Crippen molar-refractivity contribution in [2.24, 2.45) is 5.73 Å². The van der Waals surface area contributed by atoms with Crippen molar-refractivity contribution < 1.29 is 0 Å². The van der Waals surface area contributed by atoms with E-state index in [1.165, 1.54) is 22.3 Å². The molecule has 2 N–H and O–H groups in total. The van der Waals surface area contributed by atoms with Crippen LogP contribution in [-0.4, -0.2) is 6.04 Å². The maximum absolute atomic E-state index is 8.66. The van der Waals surface area contributed by atoms with Crippen LogP contribution in [0.3, 0.4) is 0 Å². The summed E-state index contributed by atoms with van der Waals surface area (Å²) >= 11 is 0. The zero-order valence-electron chi connectivity index (χ0n) is 8.96. The van der Waals surface area contributed by atoms with E-state index in [0.717, 1.165) is 0 Å². The second kappa shape index (κ2) is 4.26. The van der Waals surface area contributed by atoms with E-state index in [0.29, 0.717) is 6.42 Å². The molecule has 2 heteroatoms. The van der Waals surface area contributed by atoms with Crippen LogP contribution in [0, 0.1) is 32.1 Å². The lowest BCUT2D eigenvalue weighted by atomic mass is 9.95. The van der Waals surface area contributed by atoms with Gasteiger partial charge in [0.15, 0.2) is 0 Å². The van der Waals surface area contributed by atoms with Gasteiger partial charge in [0.05, 0.1) is 12.1 Å². The van der Waals surface area contributed by atoms with Crippen molar-refractivity contribution in [3.05, 3.63) is 34.4 Å². The fourth-order valence-electron chi connectivity index (χ4n) is 1.80. The summed E-state index contributed by atoms with van der Waals surface area (Å²) in [5, 5.41) is 8.66. The van der Waals surface area contributed by atoms with E-state index >= 15 is 0 Å². The summed E-state index contributed by atoms with van der Waals surface area (Å²) < 4.78 is 0. The van der Waals surface area contributed by atoms with Crippen LogP contribution < -0.4 is 5.73 Å². The number of nitrogens with two attached hydrogens (primary N) is 1. The van der Waals surface area contributed by atoms with Crippen LogP contribution in [-0.2, 0) is 6.42 Å². The maximum Gasteiger partial charge on any atom is 0.0968 e. The van der Waals surface area contributed by atoms with Gasteiger partial charge >= 0.3 is 0 Å². The summed E-state index contributed by atoms with van der Waals surface area (Å²) in [5.74, 6) is 0. The molecule has 14 heavy (non-hydrogen) atoms. The zero-order chi connectivity index (χ0) is 10.7. The predicted octanol–water partition coefficient (Wildman–Crippen LogP) is 2.01. The van der Waals surface area contributed by atoms with Crippen molar-refractivity contribution in [3.8, 4) is 6.07 Å². The van der Waals surface area contributed by atoms with Gasteiger partial charge in [0.25, 0.3) is 0 Å². The lowest BCUT2D eigenvalue weighted by molar-refractivity contribution is 0.812. The molecule has 1 unspecified atom stereocenters. The summed E-state index contributed by atoms with van der Waals surface area (Å²) in [4.78, 5) is 0. The molecule has 0 radical (unpaired) electrons. The molecule has 0 aliphatic carbocycles. The highest BCUT2D eigenvalue weighted by atomic mass is 14.6. The van der Waals surface area contributed by atoms with Gasteiger partial charge in [0.1, 0.15) is 0 Å². The number of nitrogens with zero attached hydrogens (tertiary/aromatic N) is 1. The first-order valence-electron chi connectivity index (χ1n) is 4.76. The minimum Gasteiger partial charge on any atom is -0.316 e. The molecule has 0 bridgehead atoms. The fraction of sp³-hybridized carbons (Fsp3) is 0.417. The molecule has 0 saturated carbocycles. The summed E-state index contributed by atoms with van der Waals surface area (Å²) in [6.45, 7) is 6.22. The molecule has 2 nitrogen and oxygen atoms in total. The normalized spacial score (nSPS) is 12.2. The Kier molecular flexibility index (Phi) is 3.27. The molecule has 1 aromatic rings. The number of benzene rings is 1. The Morgan fingerprint density at radius 1 is 1.29 bits per heavy atom. The summed E-state index contributed by atoms with van der Waals surface area (Å²) in [7, 11) is 0. The van der Waals surface area contributed by atoms with Crippen molar-refractivity contribution in [1.29, 1.82) is 5.26 Å². The van der Waals surface area contributed by atoms with Crippen molar-refractivity contribution in [3.63, 3.8) is 0 Å². The van der Waals surface area contributed by atoms with E-state index in [-0.39, 0.29) is 0 Å². The van der Waals surface area contributed by atoms with Crippen LogP contribution in [0.1, 0.15) is 22.3 Å². The summed E-state index contributed by atoms with van der Waals surface area (Å²) in [5.41, 5.74) is 10.6. The van der Waals surface area contributed by atoms with E-state index in [1.807, 2.05) is 0 Å². The van der Waals surface area contributed by atoms with Gasteiger partial charge in [-0.1, -0.05) is 17.7 Å². The van der Waals surface area contributed by atoms with Crippen molar-refractivity contribution in [1.82, 2.24) is 0 Å². The predicted molar refractivity (Wildman–Crippen MR) is 57.9 cm³/mol. The molecular formula is C12H16N2. The molecule has 0 amide bonds. The average Bonchev–Trinajstić information content (AvgIpc) is 2.10. The molecule has 74 valence electrons. The first kappa shape index (κ1) is 10.7. The maximum atomic E-state index is 8.66. The minimum absolute atomic E-state index is 0.393. The molecule has 1 aromatic carbocycles. The lowest BCUT2D eigenvalue weighted by Crippen LogP contribution is -2.21. The largest absolute Gasteiger partial charge is 0.316 e. The smallest absolute Gasteiger partial charge is 0.0968 e. The van der Waals surface area contributed by atoms with Gasteiger partial charge in [-0.3, -0.25) is 0 Å². The van der Waals surface area contributed by atoms with E-state index < -0.39 is 6.04 Å². The molecule has 1 rings (SSSR count). The highest BCUT2D eigenvalue weighted by Gasteiger charge is 2.08. The molecule has 0 heterocycles. The third kappa shape index (κ3) is 2.34. The quantitative estimate of drug-likeness (QED) is 0.771. The Hall–Kier alpha value is -1.33. The van der Waals surface area contributed by atoms with Crippen molar-refractivity contribution >= 4 is 0 Å². The van der Waals surface area contributed by atoms with Crippen LogP contribution in [0.2, 0.25) is 0 Å². The minimum atomic E-state index is -0.393. The summed E-state index contributed by atoms with van der Waals surface area (Å²) in [6, 6.07) is 5.93. The highest BCUT2D eigenvalue weighted by Crippen LogP contribution is 2.17. The SMILES string of the molecule is Cc1cc(C)c(CC(N)C#N)c(C)c1. The van der Waals surface area contributed by atoms with E-state index in [4.69, 9.17) is 11.0 Å². The lowest BCUT2D eigenvalue weighted by Gasteiger charge is -2.11. The monoisotopic (exact) mass is 188 g/mol. The number of hydrogen-bond acceptors (Lipinski definition) is 2. The fourth-order valence-corrected chi connectivity index (χ4v) is 1.80. The van der Waals surface area contributed by atoms with Crippen molar-refractivity contribution in [2.75, 3.05) is 0 Å². The third-order valence-electron chi connectivity index (χ3n) is 2.43. The molecule has 0 aromatic heterocycles. The van der Waals surface area contributed by atoms with Crippen molar-refractivity contribution in [2.45, 2.75) is 33.2 Å². The number of hydrogen-bond donors (Lipinski definition) is 1. The Labute approximate surface area is 85.4 Å². The second-order valence-electron chi connectivity index (χ2n) is 3.82. The number of aryl methyl sites for hydroxylation is 3. The van der Waals surface area contributed by atoms with E-state index in [9.17, 15) is 0 Å². The average molecular weight is 188 g/mol. The van der Waals surface area contributed by atoms with E-state index in [2.05, 4.69) is 39.0 Å². The Morgan fingerprint density at radius 2 is 1.79 bits per heavy atom. The van der Waals surface area contributed by atoms with Crippen LogP contribution >= 0.6 is 0 Å². The van der Waals surface area contributed by atoms with E-state index in [1.54, 1.807) is 0 Å². The van der Waals surface area contributed by atoms with Crippen LogP contribution in [0.4, 0.5) is 0 Å². The second-order valence-corrected chi connectivity index (χ2v) is 3.82. The third-order valence-corrected chi connectivity index (χ3v) is 2.43. The van der Waals surface area contributed by atoms with Crippen LogP contribution in [0.15, 0.2) is 12.1 Å². The molecule has 0 spiro atoms. The first-order valence-corrected chi connectivity index (χ1v) is 4.76. The molecule has 0 fully saturated rings. The Bertz CT molecular complexity index is 351. The van der Waals surface area contributed by atoms with Gasteiger partial charge in [-0.05, 0) is 37.5 Å². The van der Waals surface area contributed by atoms with Gasteiger partial charge in [-0.15, -0.1) is 0 Å². The zero-order valence-corrected chi connectivity index (χ0v) is 8.96. The molecule has 0 aliphatic rings. The van der Waals surface area contributed by atoms with Gasteiger partial charge < -0.3 is 5.73 Å². The molecule has 0 saturated heterocycles. The van der Waals surface area contributed by atoms with Gasteiger partial charge in [0.2, 0.25) is 0 Å². The molecule has 0 aliphatic heterocycles. The van der Waals surface area contributed by atoms with Gasteiger partial charge in [0, 0.05) is 6.42 Å². The van der Waals surface area contributed by atoms with Crippen LogP contribution in [0.25, 0.3) is 0 Å². The number of rotatable bonds is 2. The topological polar surface area (TPSA) is 49.8 Å². The molecule has 1 atom stereocenters. The first-order chi connectivity index (χ1) is 6.54. The Morgan fingerprint density at radius 3 is 2.21 bits per heavy atom. The highest BCUT2D eigenvalue weighted by molar-refractivity contribution is 5.38. The number of nitriles is 1. The van der Waals surface area contributed by atoms with Gasteiger partial charge in [-0.2, -0.15) is 5.26 Å². The van der Waals surface area contributed by atoms with Crippen LogP contribution in [0.5, 0.6) is 0 Å².